The van der Waals surface area contributed by atoms with Crippen LogP contribution >= 0.6 is 0 Å². The van der Waals surface area contributed by atoms with Gasteiger partial charge in [0.2, 0.25) is 0 Å². The van der Waals surface area contributed by atoms with Gasteiger partial charge in [0.15, 0.2) is 0 Å². The first-order chi connectivity index (χ1) is 13.6. The SMILES string of the molecule is CCCCc1cc(-c2ccc(C)cc2)c(C(=O)OCc2ccncc2)c(C)n1. The van der Waals surface area contributed by atoms with Gasteiger partial charge in [0, 0.05) is 18.1 Å². The average molecular weight is 374 g/mol. The number of rotatable bonds is 7. The minimum atomic E-state index is -0.348. The molecule has 3 rings (SSSR count). The summed E-state index contributed by atoms with van der Waals surface area (Å²) in [6.07, 6.45) is 6.47. The molecule has 0 bridgehead atoms. The van der Waals surface area contributed by atoms with E-state index in [2.05, 4.69) is 35.9 Å². The summed E-state index contributed by atoms with van der Waals surface area (Å²) in [6, 6.07) is 13.9. The second-order valence-corrected chi connectivity index (χ2v) is 7.02. The van der Waals surface area contributed by atoms with Crippen LogP contribution in [0.2, 0.25) is 0 Å². The average Bonchev–Trinajstić information content (AvgIpc) is 2.71. The summed E-state index contributed by atoms with van der Waals surface area (Å²) in [5.74, 6) is -0.348. The van der Waals surface area contributed by atoms with E-state index in [9.17, 15) is 4.79 Å². The van der Waals surface area contributed by atoms with Crippen molar-refractivity contribution in [2.75, 3.05) is 0 Å². The molecule has 0 saturated heterocycles. The van der Waals surface area contributed by atoms with Gasteiger partial charge >= 0.3 is 5.97 Å². The molecule has 0 radical (unpaired) electrons. The maximum Gasteiger partial charge on any atom is 0.340 e. The third-order valence-electron chi connectivity index (χ3n) is 4.73. The van der Waals surface area contributed by atoms with Gasteiger partial charge in [-0.2, -0.15) is 0 Å². The molecule has 144 valence electrons. The summed E-state index contributed by atoms with van der Waals surface area (Å²) >= 11 is 0. The topological polar surface area (TPSA) is 52.1 Å². The molecule has 0 amide bonds. The van der Waals surface area contributed by atoms with Crippen molar-refractivity contribution in [2.45, 2.75) is 46.6 Å². The fourth-order valence-electron chi connectivity index (χ4n) is 3.14. The first-order valence-electron chi connectivity index (χ1n) is 9.72. The molecular formula is C24H26N2O2. The van der Waals surface area contributed by atoms with Crippen molar-refractivity contribution in [2.24, 2.45) is 0 Å². The third-order valence-corrected chi connectivity index (χ3v) is 4.73. The number of carbonyl (C=O) groups is 1. The molecular weight excluding hydrogens is 348 g/mol. The summed E-state index contributed by atoms with van der Waals surface area (Å²) in [7, 11) is 0. The lowest BCUT2D eigenvalue weighted by Gasteiger charge is -2.15. The number of benzene rings is 1. The number of aryl methyl sites for hydroxylation is 3. The van der Waals surface area contributed by atoms with Gasteiger partial charge in [-0.3, -0.25) is 9.97 Å². The van der Waals surface area contributed by atoms with Gasteiger partial charge in [-0.25, -0.2) is 4.79 Å². The Morgan fingerprint density at radius 1 is 1.04 bits per heavy atom. The van der Waals surface area contributed by atoms with E-state index in [4.69, 9.17) is 4.74 Å². The molecule has 0 N–H and O–H groups in total. The van der Waals surface area contributed by atoms with Crippen LogP contribution in [-0.4, -0.2) is 15.9 Å². The number of nitrogens with zero attached hydrogens (tertiary/aromatic N) is 2. The van der Waals surface area contributed by atoms with Crippen LogP contribution in [0.25, 0.3) is 11.1 Å². The summed E-state index contributed by atoms with van der Waals surface area (Å²) < 4.78 is 5.60. The second kappa shape index (κ2) is 9.27. The summed E-state index contributed by atoms with van der Waals surface area (Å²) in [5, 5.41) is 0. The summed E-state index contributed by atoms with van der Waals surface area (Å²) in [5.41, 5.74) is 6.25. The number of hydrogen-bond acceptors (Lipinski definition) is 4. The predicted molar refractivity (Wildman–Crippen MR) is 111 cm³/mol. The molecule has 0 aliphatic rings. The van der Waals surface area contributed by atoms with Crippen LogP contribution in [-0.2, 0) is 17.8 Å². The summed E-state index contributed by atoms with van der Waals surface area (Å²) in [4.78, 5) is 21.6. The van der Waals surface area contributed by atoms with Crippen molar-refractivity contribution >= 4 is 5.97 Å². The van der Waals surface area contributed by atoms with Gasteiger partial charge in [0.25, 0.3) is 0 Å². The van der Waals surface area contributed by atoms with Crippen molar-refractivity contribution in [3.05, 3.63) is 82.9 Å². The zero-order valence-electron chi connectivity index (χ0n) is 16.7. The zero-order chi connectivity index (χ0) is 19.9. The Hall–Kier alpha value is -3.01. The normalized spacial score (nSPS) is 10.7. The predicted octanol–water partition coefficient (Wildman–Crippen LogP) is 5.46. The Morgan fingerprint density at radius 2 is 1.75 bits per heavy atom. The Balaban J connectivity index is 1.95. The Morgan fingerprint density at radius 3 is 2.43 bits per heavy atom. The van der Waals surface area contributed by atoms with Gasteiger partial charge in [0.05, 0.1) is 11.3 Å². The standard InChI is InChI=1S/C24H26N2O2/c1-4-5-6-21-15-22(20-9-7-17(2)8-10-20)23(18(3)26-21)24(27)28-16-19-11-13-25-14-12-19/h7-15H,4-6,16H2,1-3H3. The largest absolute Gasteiger partial charge is 0.457 e. The van der Waals surface area contributed by atoms with Crippen molar-refractivity contribution < 1.29 is 9.53 Å². The van der Waals surface area contributed by atoms with Gasteiger partial charge in [0.1, 0.15) is 6.61 Å². The summed E-state index contributed by atoms with van der Waals surface area (Å²) in [6.45, 7) is 6.32. The lowest BCUT2D eigenvalue weighted by Crippen LogP contribution is -2.11. The molecule has 0 aliphatic carbocycles. The van der Waals surface area contributed by atoms with E-state index < -0.39 is 0 Å². The monoisotopic (exact) mass is 374 g/mol. The number of carbonyl (C=O) groups excluding carboxylic acids is 1. The van der Waals surface area contributed by atoms with Crippen molar-refractivity contribution in [1.82, 2.24) is 9.97 Å². The number of pyridine rings is 2. The number of unbranched alkanes of at least 4 members (excludes halogenated alkanes) is 1. The number of ether oxygens (including phenoxy) is 1. The van der Waals surface area contributed by atoms with Gasteiger partial charge < -0.3 is 4.74 Å². The van der Waals surface area contributed by atoms with E-state index in [1.165, 1.54) is 5.56 Å². The van der Waals surface area contributed by atoms with Crippen LogP contribution in [0.3, 0.4) is 0 Å². The fraction of sp³-hybridized carbons (Fsp3) is 0.292. The van der Waals surface area contributed by atoms with E-state index >= 15 is 0 Å². The quantitative estimate of drug-likeness (QED) is 0.515. The molecule has 1 aromatic carbocycles. The fourth-order valence-corrected chi connectivity index (χ4v) is 3.14. The lowest BCUT2D eigenvalue weighted by atomic mass is 9.96. The maximum atomic E-state index is 12.9. The maximum absolute atomic E-state index is 12.9. The first kappa shape index (κ1) is 19.7. The number of hydrogen-bond donors (Lipinski definition) is 0. The van der Waals surface area contributed by atoms with Gasteiger partial charge in [-0.05, 0) is 61.6 Å². The molecule has 4 nitrogen and oxygen atoms in total. The third kappa shape index (κ3) is 4.83. The molecule has 2 aromatic heterocycles. The van der Waals surface area contributed by atoms with Crippen LogP contribution < -0.4 is 0 Å². The minimum Gasteiger partial charge on any atom is -0.457 e. The van der Waals surface area contributed by atoms with Crippen LogP contribution in [0, 0.1) is 13.8 Å². The minimum absolute atomic E-state index is 0.214. The molecule has 0 atom stereocenters. The highest BCUT2D eigenvalue weighted by Gasteiger charge is 2.20. The molecule has 0 aliphatic heterocycles. The first-order valence-corrected chi connectivity index (χ1v) is 9.72. The van der Waals surface area contributed by atoms with Gasteiger partial charge in [-0.1, -0.05) is 43.2 Å². The van der Waals surface area contributed by atoms with E-state index in [0.717, 1.165) is 41.6 Å². The molecule has 3 aromatic rings. The van der Waals surface area contributed by atoms with Crippen molar-refractivity contribution in [3.63, 3.8) is 0 Å². The molecule has 0 fully saturated rings. The van der Waals surface area contributed by atoms with Crippen molar-refractivity contribution in [3.8, 4) is 11.1 Å². The van der Waals surface area contributed by atoms with E-state index in [0.29, 0.717) is 11.3 Å². The highest BCUT2D eigenvalue weighted by Crippen LogP contribution is 2.28. The molecule has 4 heteroatoms. The number of esters is 1. The van der Waals surface area contributed by atoms with Crippen LogP contribution in [0.1, 0.15) is 52.6 Å². The molecule has 2 heterocycles. The van der Waals surface area contributed by atoms with E-state index in [1.807, 2.05) is 37.3 Å². The smallest absolute Gasteiger partial charge is 0.340 e. The van der Waals surface area contributed by atoms with Crippen LogP contribution in [0.5, 0.6) is 0 Å². The molecule has 0 saturated carbocycles. The Kier molecular flexibility index (Phi) is 6.53. The zero-order valence-corrected chi connectivity index (χ0v) is 16.7. The second-order valence-electron chi connectivity index (χ2n) is 7.02. The Labute approximate surface area is 166 Å². The van der Waals surface area contributed by atoms with Crippen LogP contribution in [0.15, 0.2) is 54.9 Å². The highest BCUT2D eigenvalue weighted by molar-refractivity contribution is 5.98. The Bertz CT molecular complexity index is 935. The number of aromatic nitrogens is 2. The highest BCUT2D eigenvalue weighted by atomic mass is 16.5. The van der Waals surface area contributed by atoms with E-state index in [-0.39, 0.29) is 12.6 Å². The molecule has 0 spiro atoms. The van der Waals surface area contributed by atoms with Crippen LogP contribution in [0.4, 0.5) is 0 Å². The lowest BCUT2D eigenvalue weighted by molar-refractivity contribution is 0.0472. The van der Waals surface area contributed by atoms with Gasteiger partial charge in [-0.15, -0.1) is 0 Å². The van der Waals surface area contributed by atoms with E-state index in [1.54, 1.807) is 12.4 Å². The molecule has 0 unspecified atom stereocenters. The van der Waals surface area contributed by atoms with Crippen molar-refractivity contribution in [1.29, 1.82) is 0 Å². The molecule has 28 heavy (non-hydrogen) atoms.